The van der Waals surface area contributed by atoms with E-state index in [0.717, 1.165) is 30.6 Å². The van der Waals surface area contributed by atoms with Crippen molar-refractivity contribution < 1.29 is 19.0 Å². The number of rotatable bonds is 9. The summed E-state index contributed by atoms with van der Waals surface area (Å²) in [6.45, 7) is 11.4. The summed E-state index contributed by atoms with van der Waals surface area (Å²) in [6.07, 6.45) is 3.65. The highest BCUT2D eigenvalue weighted by atomic mass is 16.6. The molecule has 1 amide bonds. The van der Waals surface area contributed by atoms with Crippen LogP contribution in [0.4, 0.5) is 22.2 Å². The molecule has 3 N–H and O–H groups in total. The number of anilines is 3. The van der Waals surface area contributed by atoms with Gasteiger partial charge in [-0.15, -0.1) is 0 Å². The van der Waals surface area contributed by atoms with Gasteiger partial charge in [-0.1, -0.05) is 13.3 Å². The number of amides is 1. The highest BCUT2D eigenvalue weighted by Gasteiger charge is 2.27. The number of fused-ring (bicyclic) bond motifs is 1. The van der Waals surface area contributed by atoms with Crippen molar-refractivity contribution in [2.75, 3.05) is 62.9 Å². The number of hydrogen-bond donors (Lipinski definition) is 2. The molecule has 12 heteroatoms. The minimum absolute atomic E-state index is 0.201. The maximum Gasteiger partial charge on any atom is 0.410 e. The zero-order valence-corrected chi connectivity index (χ0v) is 23.8. The summed E-state index contributed by atoms with van der Waals surface area (Å²) >= 11 is 0. The number of ether oxygens (including phenoxy) is 3. The Morgan fingerprint density at radius 1 is 1.08 bits per heavy atom. The van der Waals surface area contributed by atoms with Gasteiger partial charge in [0.25, 0.3) is 0 Å². The van der Waals surface area contributed by atoms with Crippen molar-refractivity contribution >= 4 is 34.6 Å². The Morgan fingerprint density at radius 3 is 2.33 bits per heavy atom. The van der Waals surface area contributed by atoms with E-state index in [1.807, 2.05) is 39.1 Å². The third-order valence-electron chi connectivity index (χ3n) is 6.46. The zero-order chi connectivity index (χ0) is 28.2. The normalized spacial score (nSPS) is 14.0. The number of carbonyl (C=O) groups is 1. The summed E-state index contributed by atoms with van der Waals surface area (Å²) in [5.74, 6) is 2.20. The number of hydrogen-bond acceptors (Lipinski definition) is 10. The Bertz CT molecular complexity index is 1270. The second kappa shape index (κ2) is 11.8. The van der Waals surface area contributed by atoms with Crippen molar-refractivity contribution in [1.82, 2.24) is 24.6 Å². The Labute approximate surface area is 229 Å². The fourth-order valence-corrected chi connectivity index (χ4v) is 4.51. The van der Waals surface area contributed by atoms with Crippen LogP contribution in [0.1, 0.15) is 46.1 Å². The summed E-state index contributed by atoms with van der Waals surface area (Å²) in [4.78, 5) is 25.1. The first-order valence-electron chi connectivity index (χ1n) is 13.3. The molecule has 1 fully saturated rings. The molecule has 1 aliphatic heterocycles. The van der Waals surface area contributed by atoms with Gasteiger partial charge in [0.05, 0.1) is 32.5 Å². The summed E-state index contributed by atoms with van der Waals surface area (Å²) in [7, 11) is 3.29. The number of nitrogens with two attached hydrogens (primary N) is 1. The molecule has 0 aliphatic carbocycles. The van der Waals surface area contributed by atoms with E-state index >= 15 is 0 Å². The van der Waals surface area contributed by atoms with Crippen LogP contribution in [0.5, 0.6) is 11.5 Å². The molecule has 12 nitrogen and oxygen atoms in total. The van der Waals surface area contributed by atoms with E-state index in [2.05, 4.69) is 27.1 Å². The number of carbonyl (C=O) groups excluding carboxylic acids is 1. The monoisotopic (exact) mass is 540 g/mol. The average molecular weight is 541 g/mol. The van der Waals surface area contributed by atoms with Crippen LogP contribution in [0.2, 0.25) is 0 Å². The zero-order valence-electron chi connectivity index (χ0n) is 23.8. The van der Waals surface area contributed by atoms with Gasteiger partial charge < -0.3 is 35.1 Å². The molecular formula is C27H40N8O4. The number of methoxy groups -OCH3 is 2. The lowest BCUT2D eigenvalue weighted by Crippen LogP contribution is -2.50. The molecule has 39 heavy (non-hydrogen) atoms. The number of aromatic nitrogens is 4. The lowest BCUT2D eigenvalue weighted by molar-refractivity contribution is 0.0240. The van der Waals surface area contributed by atoms with Crippen molar-refractivity contribution in [1.29, 1.82) is 0 Å². The minimum atomic E-state index is -0.516. The maximum absolute atomic E-state index is 12.5. The Morgan fingerprint density at radius 2 is 1.74 bits per heavy atom. The molecular weight excluding hydrogens is 500 g/mol. The van der Waals surface area contributed by atoms with Gasteiger partial charge in [0.15, 0.2) is 11.3 Å². The van der Waals surface area contributed by atoms with Crippen molar-refractivity contribution in [3.05, 3.63) is 23.9 Å². The van der Waals surface area contributed by atoms with Gasteiger partial charge in [0.2, 0.25) is 5.95 Å². The van der Waals surface area contributed by atoms with E-state index < -0.39 is 5.60 Å². The SMILES string of the molecule is CCCCNc1nc(N)nc2cn(Cc3c(OC)cc(N4CCN(C(=O)OC(C)(C)C)CC4)cc3OC)nc12. The first-order chi connectivity index (χ1) is 18.6. The Balaban J connectivity index is 1.54. The molecule has 3 aromatic rings. The lowest BCUT2D eigenvalue weighted by Gasteiger charge is -2.37. The molecule has 0 bridgehead atoms. The van der Waals surface area contributed by atoms with Crippen LogP contribution < -0.4 is 25.4 Å². The highest BCUT2D eigenvalue weighted by Crippen LogP contribution is 2.36. The van der Waals surface area contributed by atoms with Crippen molar-refractivity contribution in [3.8, 4) is 11.5 Å². The van der Waals surface area contributed by atoms with Gasteiger partial charge in [-0.3, -0.25) is 4.68 Å². The number of benzene rings is 1. The van der Waals surface area contributed by atoms with Crippen LogP contribution in [0.25, 0.3) is 11.0 Å². The van der Waals surface area contributed by atoms with Gasteiger partial charge in [-0.2, -0.15) is 10.1 Å². The number of nitrogens with one attached hydrogen (secondary N) is 1. The fourth-order valence-electron chi connectivity index (χ4n) is 4.51. The predicted octanol–water partition coefficient (Wildman–Crippen LogP) is 3.74. The van der Waals surface area contributed by atoms with E-state index in [1.165, 1.54) is 0 Å². The van der Waals surface area contributed by atoms with Gasteiger partial charge in [0.1, 0.15) is 22.6 Å². The Hall–Kier alpha value is -3.96. The molecule has 0 saturated carbocycles. The number of unbranched alkanes of at least 4 members (excludes halogenated alkanes) is 1. The van der Waals surface area contributed by atoms with E-state index in [4.69, 9.17) is 25.0 Å². The summed E-state index contributed by atoms with van der Waals surface area (Å²) in [6, 6.07) is 4.00. The van der Waals surface area contributed by atoms with Crippen LogP contribution >= 0.6 is 0 Å². The van der Waals surface area contributed by atoms with E-state index in [0.29, 0.717) is 61.1 Å². The molecule has 212 valence electrons. The van der Waals surface area contributed by atoms with E-state index in [1.54, 1.807) is 23.8 Å². The molecule has 0 atom stereocenters. The topological polar surface area (TPSA) is 133 Å². The molecule has 1 aromatic carbocycles. The second-order valence-electron chi connectivity index (χ2n) is 10.6. The molecule has 3 heterocycles. The first kappa shape index (κ1) is 28.1. The smallest absolute Gasteiger partial charge is 0.410 e. The Kier molecular flexibility index (Phi) is 8.51. The second-order valence-corrected chi connectivity index (χ2v) is 10.6. The number of nitrogen functional groups attached to an aromatic ring is 1. The van der Waals surface area contributed by atoms with Crippen LogP contribution in [-0.2, 0) is 11.3 Å². The van der Waals surface area contributed by atoms with Gasteiger partial charge in [-0.05, 0) is 27.2 Å². The lowest BCUT2D eigenvalue weighted by atomic mass is 10.1. The third-order valence-corrected chi connectivity index (χ3v) is 6.46. The average Bonchev–Trinajstić information content (AvgIpc) is 3.30. The summed E-state index contributed by atoms with van der Waals surface area (Å²) < 4.78 is 18.9. The standard InChI is InChI=1S/C27H40N8O4/c1-7-8-9-29-24-23-20(30-25(28)31-24)17-35(32-23)16-19-21(37-5)14-18(15-22(19)38-6)33-10-12-34(13-11-33)26(36)39-27(2,3)4/h14-15,17H,7-13,16H2,1-6H3,(H3,28,29,30,31). The van der Waals surface area contributed by atoms with Crippen molar-refractivity contribution in [2.24, 2.45) is 0 Å². The highest BCUT2D eigenvalue weighted by molar-refractivity contribution is 5.85. The maximum atomic E-state index is 12.5. The van der Waals surface area contributed by atoms with E-state index in [9.17, 15) is 4.79 Å². The van der Waals surface area contributed by atoms with Crippen molar-refractivity contribution in [3.63, 3.8) is 0 Å². The minimum Gasteiger partial charge on any atom is -0.496 e. The van der Waals surface area contributed by atoms with Crippen molar-refractivity contribution in [2.45, 2.75) is 52.7 Å². The predicted molar refractivity (Wildman–Crippen MR) is 152 cm³/mol. The summed E-state index contributed by atoms with van der Waals surface area (Å²) in [5, 5.41) is 8.07. The number of nitrogens with zero attached hydrogens (tertiary/aromatic N) is 6. The summed E-state index contributed by atoms with van der Waals surface area (Å²) in [5.41, 5.74) is 8.58. The molecule has 0 unspecified atom stereocenters. The van der Waals surface area contributed by atoms with Gasteiger partial charge >= 0.3 is 6.09 Å². The molecule has 0 spiro atoms. The number of piperazine rings is 1. The van der Waals surface area contributed by atoms with Crippen LogP contribution in [0.3, 0.4) is 0 Å². The van der Waals surface area contributed by atoms with Crippen LogP contribution in [0.15, 0.2) is 18.3 Å². The van der Waals surface area contributed by atoms with Crippen LogP contribution in [-0.4, -0.2) is 83.3 Å². The molecule has 2 aromatic heterocycles. The molecule has 1 aliphatic rings. The quantitative estimate of drug-likeness (QED) is 0.387. The molecule has 1 saturated heterocycles. The van der Waals surface area contributed by atoms with Crippen LogP contribution in [0, 0.1) is 0 Å². The molecule has 4 rings (SSSR count). The third kappa shape index (κ3) is 6.73. The largest absolute Gasteiger partial charge is 0.496 e. The van der Waals surface area contributed by atoms with E-state index in [-0.39, 0.29) is 12.0 Å². The van der Waals surface area contributed by atoms with Gasteiger partial charge in [0, 0.05) is 50.5 Å². The fraction of sp³-hybridized carbons (Fsp3) is 0.556. The first-order valence-corrected chi connectivity index (χ1v) is 13.3. The van der Waals surface area contributed by atoms with Gasteiger partial charge in [-0.25, -0.2) is 9.78 Å². The molecule has 0 radical (unpaired) electrons.